The Morgan fingerprint density at radius 2 is 1.85 bits per heavy atom. The van der Waals surface area contributed by atoms with Crippen molar-refractivity contribution in [2.24, 2.45) is 0 Å². The Kier molecular flexibility index (Phi) is 4.22. The van der Waals surface area contributed by atoms with Crippen LogP contribution in [-0.4, -0.2) is 26.9 Å². The standard InChI is InChI=1S/C10H14ClNSi/c1-12(2)13(11)9-8-10-6-4-3-5-7-10/h3-9,13H,1-2H3. The fourth-order valence-corrected chi connectivity index (χ4v) is 1.87. The van der Waals surface area contributed by atoms with Crippen LogP contribution < -0.4 is 0 Å². The van der Waals surface area contributed by atoms with Crippen molar-refractivity contribution in [2.45, 2.75) is 0 Å². The molecule has 0 saturated heterocycles. The lowest BCUT2D eigenvalue weighted by Crippen LogP contribution is -2.24. The van der Waals surface area contributed by atoms with Gasteiger partial charge in [0.05, 0.1) is 0 Å². The van der Waals surface area contributed by atoms with Crippen LogP contribution in [0.15, 0.2) is 36.0 Å². The zero-order valence-electron chi connectivity index (χ0n) is 7.94. The maximum absolute atomic E-state index is 6.14. The molecule has 1 unspecified atom stereocenters. The summed E-state index contributed by atoms with van der Waals surface area (Å²) in [6.45, 7) is 0. The van der Waals surface area contributed by atoms with Crippen molar-refractivity contribution in [1.82, 2.24) is 4.57 Å². The molecule has 0 heterocycles. The van der Waals surface area contributed by atoms with Crippen LogP contribution in [0.1, 0.15) is 5.56 Å². The van der Waals surface area contributed by atoms with Gasteiger partial charge in [0.15, 0.2) is 0 Å². The normalized spacial score (nSPS) is 13.8. The Labute approximate surface area is 86.0 Å². The lowest BCUT2D eigenvalue weighted by atomic mass is 10.2. The minimum Gasteiger partial charge on any atom is -0.317 e. The molecule has 0 aliphatic heterocycles. The van der Waals surface area contributed by atoms with E-state index in [0.29, 0.717) is 0 Å². The Hall–Kier alpha value is -0.573. The Balaban J connectivity index is 2.59. The number of hydrogen-bond donors (Lipinski definition) is 0. The van der Waals surface area contributed by atoms with Gasteiger partial charge in [-0.3, -0.25) is 0 Å². The van der Waals surface area contributed by atoms with Crippen LogP contribution >= 0.6 is 11.1 Å². The van der Waals surface area contributed by atoms with E-state index in [0.717, 1.165) is 0 Å². The summed E-state index contributed by atoms with van der Waals surface area (Å²) in [4.78, 5) is 0. The molecule has 13 heavy (non-hydrogen) atoms. The molecule has 1 atom stereocenters. The van der Waals surface area contributed by atoms with Crippen molar-refractivity contribution in [2.75, 3.05) is 14.1 Å². The second-order valence-electron chi connectivity index (χ2n) is 3.11. The van der Waals surface area contributed by atoms with Gasteiger partial charge in [-0.05, 0) is 19.7 Å². The summed E-state index contributed by atoms with van der Waals surface area (Å²) in [5.74, 6) is 0. The molecule has 1 nitrogen and oxygen atoms in total. The van der Waals surface area contributed by atoms with Crippen molar-refractivity contribution in [3.63, 3.8) is 0 Å². The topological polar surface area (TPSA) is 3.24 Å². The van der Waals surface area contributed by atoms with Gasteiger partial charge in [0.25, 0.3) is 0 Å². The van der Waals surface area contributed by atoms with Gasteiger partial charge < -0.3 is 4.57 Å². The predicted molar refractivity (Wildman–Crippen MR) is 62.2 cm³/mol. The van der Waals surface area contributed by atoms with Gasteiger partial charge >= 0.3 is 0 Å². The van der Waals surface area contributed by atoms with Crippen molar-refractivity contribution < 1.29 is 0 Å². The Bertz CT molecular complexity index is 272. The Morgan fingerprint density at radius 1 is 1.23 bits per heavy atom. The van der Waals surface area contributed by atoms with Crippen LogP contribution in [0.4, 0.5) is 0 Å². The first-order valence-electron chi connectivity index (χ1n) is 4.24. The molecular weight excluding hydrogens is 198 g/mol. The third-order valence-electron chi connectivity index (χ3n) is 1.74. The molecule has 1 aromatic rings. The molecule has 0 aromatic heterocycles. The van der Waals surface area contributed by atoms with E-state index in [1.807, 2.05) is 32.3 Å². The third kappa shape index (κ3) is 3.76. The molecule has 0 radical (unpaired) electrons. The number of halogens is 1. The molecule has 0 fully saturated rings. The van der Waals surface area contributed by atoms with Crippen LogP contribution in [0.2, 0.25) is 0 Å². The summed E-state index contributed by atoms with van der Waals surface area (Å²) in [6, 6.07) is 10.2. The number of benzene rings is 1. The van der Waals surface area contributed by atoms with Crippen molar-refractivity contribution in [3.8, 4) is 0 Å². The van der Waals surface area contributed by atoms with Gasteiger partial charge in [0, 0.05) is 0 Å². The average Bonchev–Trinajstić information content (AvgIpc) is 2.15. The largest absolute Gasteiger partial charge is 0.317 e. The van der Waals surface area contributed by atoms with Crippen LogP contribution in [0, 0.1) is 0 Å². The molecule has 0 bridgehead atoms. The van der Waals surface area contributed by atoms with Gasteiger partial charge in [0.2, 0.25) is 8.27 Å². The first-order valence-corrected chi connectivity index (χ1v) is 7.17. The summed E-state index contributed by atoms with van der Waals surface area (Å²) in [6.07, 6.45) is 2.09. The summed E-state index contributed by atoms with van der Waals surface area (Å²) in [5.41, 5.74) is 3.32. The van der Waals surface area contributed by atoms with Crippen LogP contribution in [0.3, 0.4) is 0 Å². The highest BCUT2D eigenvalue weighted by Crippen LogP contribution is 2.03. The first kappa shape index (κ1) is 10.5. The van der Waals surface area contributed by atoms with E-state index in [9.17, 15) is 0 Å². The smallest absolute Gasteiger partial charge is 0.237 e. The first-order chi connectivity index (χ1) is 6.20. The highest BCUT2D eigenvalue weighted by molar-refractivity contribution is 7.08. The maximum Gasteiger partial charge on any atom is 0.237 e. The van der Waals surface area contributed by atoms with Crippen molar-refractivity contribution in [1.29, 1.82) is 0 Å². The second kappa shape index (κ2) is 5.22. The average molecular weight is 212 g/mol. The van der Waals surface area contributed by atoms with E-state index in [2.05, 4.69) is 28.5 Å². The highest BCUT2D eigenvalue weighted by atomic mass is 35.6. The van der Waals surface area contributed by atoms with Crippen LogP contribution in [0.25, 0.3) is 6.08 Å². The van der Waals surface area contributed by atoms with Crippen LogP contribution in [0.5, 0.6) is 0 Å². The maximum atomic E-state index is 6.14. The molecule has 0 saturated carbocycles. The van der Waals surface area contributed by atoms with Gasteiger partial charge in [0.1, 0.15) is 0 Å². The number of rotatable bonds is 3. The summed E-state index contributed by atoms with van der Waals surface area (Å²) in [7, 11) is 2.71. The molecule has 0 N–H and O–H groups in total. The summed E-state index contributed by atoms with van der Waals surface area (Å²) >= 11 is 6.14. The van der Waals surface area contributed by atoms with E-state index < -0.39 is 8.27 Å². The molecule has 70 valence electrons. The fourth-order valence-electron chi connectivity index (χ4n) is 0.927. The van der Waals surface area contributed by atoms with E-state index >= 15 is 0 Å². The molecule has 0 spiro atoms. The van der Waals surface area contributed by atoms with Crippen molar-refractivity contribution in [3.05, 3.63) is 41.6 Å². The fraction of sp³-hybridized carbons (Fsp3) is 0.200. The lowest BCUT2D eigenvalue weighted by Gasteiger charge is -2.10. The van der Waals surface area contributed by atoms with Gasteiger partial charge in [-0.25, -0.2) is 0 Å². The minimum absolute atomic E-state index is 1.21. The minimum atomic E-state index is -1.32. The van der Waals surface area contributed by atoms with Gasteiger partial charge in [-0.15, -0.1) is 11.1 Å². The molecule has 3 heteroatoms. The molecule has 1 aromatic carbocycles. The molecule has 0 aliphatic rings. The van der Waals surface area contributed by atoms with E-state index in [-0.39, 0.29) is 0 Å². The van der Waals surface area contributed by atoms with Gasteiger partial charge in [-0.2, -0.15) is 0 Å². The van der Waals surface area contributed by atoms with E-state index in [1.54, 1.807) is 0 Å². The third-order valence-corrected chi connectivity index (χ3v) is 4.84. The number of nitrogens with zero attached hydrogens (tertiary/aromatic N) is 1. The molecular formula is C10H14ClNSi. The quantitative estimate of drug-likeness (QED) is 0.548. The van der Waals surface area contributed by atoms with Crippen molar-refractivity contribution >= 4 is 25.4 Å². The zero-order valence-corrected chi connectivity index (χ0v) is 9.85. The number of hydrogen-bond acceptors (Lipinski definition) is 1. The van der Waals surface area contributed by atoms with Gasteiger partial charge in [-0.1, -0.05) is 42.1 Å². The molecule has 1 rings (SSSR count). The second-order valence-corrected chi connectivity index (χ2v) is 6.61. The molecule has 0 aliphatic carbocycles. The lowest BCUT2D eigenvalue weighted by molar-refractivity contribution is 0.662. The summed E-state index contributed by atoms with van der Waals surface area (Å²) in [5, 5.41) is 0. The SMILES string of the molecule is CN(C)[SiH](Cl)C=Cc1ccccc1. The summed E-state index contributed by atoms with van der Waals surface area (Å²) < 4.78 is 2.08. The monoisotopic (exact) mass is 211 g/mol. The zero-order chi connectivity index (χ0) is 9.68. The predicted octanol–water partition coefficient (Wildman–Crippen LogP) is 2.26. The molecule has 0 amide bonds. The van der Waals surface area contributed by atoms with E-state index in [1.165, 1.54) is 5.56 Å². The van der Waals surface area contributed by atoms with Crippen LogP contribution in [-0.2, 0) is 0 Å². The highest BCUT2D eigenvalue weighted by Gasteiger charge is 2.03. The Morgan fingerprint density at radius 3 is 2.38 bits per heavy atom. The van der Waals surface area contributed by atoms with E-state index in [4.69, 9.17) is 11.1 Å².